The number of anilines is 1. The van der Waals surface area contributed by atoms with Crippen molar-refractivity contribution >= 4 is 17.1 Å². The van der Waals surface area contributed by atoms with Gasteiger partial charge >= 0.3 is 0 Å². The summed E-state index contributed by atoms with van der Waals surface area (Å²) in [6.07, 6.45) is 1.60. The molecular formula is C32H33N5O4. The maximum absolute atomic E-state index is 6.30. The van der Waals surface area contributed by atoms with Gasteiger partial charge in [-0.2, -0.15) is 9.97 Å². The van der Waals surface area contributed by atoms with E-state index >= 15 is 0 Å². The van der Waals surface area contributed by atoms with E-state index in [2.05, 4.69) is 39.2 Å². The molecule has 5 aromatic rings. The molecule has 210 valence electrons. The number of ether oxygens (including phenoxy) is 4. The maximum Gasteiger partial charge on any atom is 0.247 e. The van der Waals surface area contributed by atoms with Crippen molar-refractivity contribution in [2.24, 2.45) is 5.92 Å². The minimum absolute atomic E-state index is 0.00300. The molecule has 6 rings (SSSR count). The zero-order valence-electron chi connectivity index (χ0n) is 22.7. The summed E-state index contributed by atoms with van der Waals surface area (Å²) in [5, 5.41) is 0. The highest BCUT2D eigenvalue weighted by atomic mass is 16.5. The number of nitrogens with two attached hydrogens (primary N) is 1. The van der Waals surface area contributed by atoms with Crippen molar-refractivity contribution in [3.63, 3.8) is 0 Å². The molecule has 0 radical (unpaired) electrons. The lowest BCUT2D eigenvalue weighted by atomic mass is 9.98. The van der Waals surface area contributed by atoms with Crippen LogP contribution in [0, 0.1) is 5.92 Å². The van der Waals surface area contributed by atoms with Crippen LogP contribution in [0.5, 0.6) is 5.88 Å². The van der Waals surface area contributed by atoms with Gasteiger partial charge in [-0.1, -0.05) is 91.0 Å². The molecular weight excluding hydrogens is 518 g/mol. The third-order valence-corrected chi connectivity index (χ3v) is 7.25. The lowest BCUT2D eigenvalue weighted by Gasteiger charge is -2.24. The Hall–Kier alpha value is -4.31. The highest BCUT2D eigenvalue weighted by molar-refractivity contribution is 5.77. The topological polar surface area (TPSA) is 107 Å². The van der Waals surface area contributed by atoms with Gasteiger partial charge < -0.3 is 29.2 Å². The standard InChI is InChI=1S/C32H33N5O4/c33-32-35-30-29(31(36-32)41-18-25-14-8-3-9-15-25)34-22-37(30)27-20-40-28(21-39-17-24-12-6-2-7-13-24)26(27)19-38-16-23-10-4-1-5-11-23/h1-15,22,26-28H,16-21H2,(H2,33,35,36). The lowest BCUT2D eigenvalue weighted by molar-refractivity contribution is -0.0239. The first-order chi connectivity index (χ1) is 20.2. The summed E-state index contributed by atoms with van der Waals surface area (Å²) in [5.74, 6) is 0.478. The Morgan fingerprint density at radius 2 is 1.34 bits per heavy atom. The second-order valence-corrected chi connectivity index (χ2v) is 10.1. The van der Waals surface area contributed by atoms with E-state index in [-0.39, 0.29) is 24.0 Å². The average Bonchev–Trinajstić information content (AvgIpc) is 3.61. The van der Waals surface area contributed by atoms with Crippen LogP contribution in [0.25, 0.3) is 11.2 Å². The van der Waals surface area contributed by atoms with Crippen LogP contribution in [0.1, 0.15) is 22.7 Å². The summed E-state index contributed by atoms with van der Waals surface area (Å²) in [6.45, 7) is 2.77. The summed E-state index contributed by atoms with van der Waals surface area (Å²) >= 11 is 0. The van der Waals surface area contributed by atoms with Gasteiger partial charge in [0.05, 0.1) is 51.5 Å². The Morgan fingerprint density at radius 3 is 1.98 bits per heavy atom. The molecule has 0 bridgehead atoms. The van der Waals surface area contributed by atoms with Crippen LogP contribution in [0.2, 0.25) is 0 Å². The second kappa shape index (κ2) is 12.9. The zero-order valence-corrected chi connectivity index (χ0v) is 22.7. The SMILES string of the molecule is Nc1nc(OCc2ccccc2)c2ncn(C3COC(COCc4ccccc4)C3COCc3ccccc3)c2n1. The quantitative estimate of drug-likeness (QED) is 0.232. The van der Waals surface area contributed by atoms with Crippen LogP contribution in [0.4, 0.5) is 5.95 Å². The van der Waals surface area contributed by atoms with Crippen molar-refractivity contribution in [2.75, 3.05) is 25.6 Å². The highest BCUT2D eigenvalue weighted by Gasteiger charge is 2.40. The summed E-state index contributed by atoms with van der Waals surface area (Å²) in [6, 6.07) is 30.1. The number of benzene rings is 3. The van der Waals surface area contributed by atoms with E-state index in [1.807, 2.05) is 71.3 Å². The summed E-state index contributed by atoms with van der Waals surface area (Å²) in [5.41, 5.74) is 10.6. The molecule has 0 amide bonds. The molecule has 3 aromatic carbocycles. The van der Waals surface area contributed by atoms with Crippen LogP contribution in [0.3, 0.4) is 0 Å². The van der Waals surface area contributed by atoms with Crippen LogP contribution >= 0.6 is 0 Å². The van der Waals surface area contributed by atoms with E-state index in [4.69, 9.17) is 24.7 Å². The van der Waals surface area contributed by atoms with Crippen molar-refractivity contribution in [1.29, 1.82) is 0 Å². The Balaban J connectivity index is 1.21. The Kier molecular flexibility index (Phi) is 8.46. The predicted molar refractivity (Wildman–Crippen MR) is 155 cm³/mol. The first kappa shape index (κ1) is 26.9. The number of hydrogen-bond acceptors (Lipinski definition) is 8. The van der Waals surface area contributed by atoms with Crippen molar-refractivity contribution in [1.82, 2.24) is 19.5 Å². The Bertz CT molecular complexity index is 1530. The van der Waals surface area contributed by atoms with Crippen LogP contribution in [-0.2, 0) is 34.0 Å². The molecule has 0 saturated carbocycles. The average molecular weight is 552 g/mol. The number of nitrogens with zero attached hydrogens (tertiary/aromatic N) is 4. The minimum Gasteiger partial charge on any atom is -0.471 e. The van der Waals surface area contributed by atoms with Crippen LogP contribution < -0.4 is 10.5 Å². The van der Waals surface area contributed by atoms with Crippen molar-refractivity contribution in [3.8, 4) is 5.88 Å². The monoisotopic (exact) mass is 551 g/mol. The molecule has 0 spiro atoms. The Labute approximate surface area is 238 Å². The number of rotatable bonds is 12. The van der Waals surface area contributed by atoms with Gasteiger partial charge in [0, 0.05) is 5.92 Å². The van der Waals surface area contributed by atoms with Gasteiger partial charge in [-0.25, -0.2) is 4.98 Å². The largest absolute Gasteiger partial charge is 0.471 e. The van der Waals surface area contributed by atoms with E-state index < -0.39 is 0 Å². The summed E-state index contributed by atoms with van der Waals surface area (Å²) in [7, 11) is 0. The molecule has 3 unspecified atom stereocenters. The third kappa shape index (κ3) is 6.54. The molecule has 2 aromatic heterocycles. The third-order valence-electron chi connectivity index (χ3n) is 7.25. The van der Waals surface area contributed by atoms with E-state index in [0.29, 0.717) is 56.7 Å². The van der Waals surface area contributed by atoms with Gasteiger partial charge in [0.15, 0.2) is 11.2 Å². The van der Waals surface area contributed by atoms with E-state index in [0.717, 1.165) is 16.7 Å². The number of nitrogen functional groups attached to an aromatic ring is 1. The van der Waals surface area contributed by atoms with Crippen molar-refractivity contribution < 1.29 is 18.9 Å². The molecule has 9 nitrogen and oxygen atoms in total. The molecule has 9 heteroatoms. The maximum atomic E-state index is 6.30. The first-order valence-electron chi connectivity index (χ1n) is 13.8. The van der Waals surface area contributed by atoms with Crippen molar-refractivity contribution in [2.45, 2.75) is 32.0 Å². The molecule has 3 heterocycles. The van der Waals surface area contributed by atoms with E-state index in [1.165, 1.54) is 0 Å². The minimum atomic E-state index is -0.162. The van der Waals surface area contributed by atoms with Crippen LogP contribution in [-0.4, -0.2) is 45.4 Å². The molecule has 0 aliphatic carbocycles. The van der Waals surface area contributed by atoms with Gasteiger partial charge in [-0.15, -0.1) is 0 Å². The van der Waals surface area contributed by atoms with Gasteiger partial charge in [-0.3, -0.25) is 0 Å². The normalized spacial score (nSPS) is 18.6. The number of aromatic nitrogens is 4. The summed E-state index contributed by atoms with van der Waals surface area (Å²) < 4.78 is 26.7. The highest BCUT2D eigenvalue weighted by Crippen LogP contribution is 2.35. The van der Waals surface area contributed by atoms with Gasteiger partial charge in [-0.05, 0) is 16.7 Å². The lowest BCUT2D eigenvalue weighted by Crippen LogP contribution is -2.30. The molecule has 1 aliphatic heterocycles. The fraction of sp³-hybridized carbons (Fsp3) is 0.281. The smallest absolute Gasteiger partial charge is 0.247 e. The molecule has 1 saturated heterocycles. The van der Waals surface area contributed by atoms with Crippen LogP contribution in [0.15, 0.2) is 97.3 Å². The van der Waals surface area contributed by atoms with E-state index in [9.17, 15) is 0 Å². The fourth-order valence-electron chi connectivity index (χ4n) is 5.12. The molecule has 1 aliphatic rings. The fourth-order valence-corrected chi connectivity index (χ4v) is 5.12. The molecule has 3 atom stereocenters. The molecule has 2 N–H and O–H groups in total. The number of hydrogen-bond donors (Lipinski definition) is 1. The van der Waals surface area contributed by atoms with E-state index in [1.54, 1.807) is 6.33 Å². The second-order valence-electron chi connectivity index (χ2n) is 10.1. The number of imidazole rings is 1. The number of fused-ring (bicyclic) bond motifs is 1. The first-order valence-corrected chi connectivity index (χ1v) is 13.8. The van der Waals surface area contributed by atoms with Gasteiger partial charge in [0.1, 0.15) is 6.61 Å². The Morgan fingerprint density at radius 1 is 0.756 bits per heavy atom. The summed E-state index contributed by atoms with van der Waals surface area (Å²) in [4.78, 5) is 13.5. The van der Waals surface area contributed by atoms with Crippen molar-refractivity contribution in [3.05, 3.63) is 114 Å². The zero-order chi connectivity index (χ0) is 27.9. The molecule has 1 fully saturated rings. The van der Waals surface area contributed by atoms with Gasteiger partial charge in [0.2, 0.25) is 11.8 Å². The van der Waals surface area contributed by atoms with Gasteiger partial charge in [0.25, 0.3) is 0 Å². The molecule has 41 heavy (non-hydrogen) atoms. The predicted octanol–water partition coefficient (Wildman–Crippen LogP) is 4.98.